The van der Waals surface area contributed by atoms with Crippen molar-refractivity contribution in [2.75, 3.05) is 12.4 Å². The molecule has 3 rings (SSSR count). The largest absolute Gasteiger partial charge is 0.493 e. The fourth-order valence-corrected chi connectivity index (χ4v) is 3.74. The molecule has 24 heavy (non-hydrogen) atoms. The molecule has 1 aliphatic rings. The zero-order valence-corrected chi connectivity index (χ0v) is 14.3. The number of benzene rings is 1. The van der Waals surface area contributed by atoms with Gasteiger partial charge >= 0.3 is 0 Å². The summed E-state index contributed by atoms with van der Waals surface area (Å²) in [7, 11) is -2.80. The lowest BCUT2D eigenvalue weighted by Crippen LogP contribution is -2.33. The van der Waals surface area contributed by atoms with E-state index in [1.165, 1.54) is 6.07 Å². The summed E-state index contributed by atoms with van der Waals surface area (Å²) in [5.41, 5.74) is 0.177. The monoisotopic (exact) mass is 368 g/mol. The summed E-state index contributed by atoms with van der Waals surface area (Å²) < 4.78 is 30.6. The Morgan fingerprint density at radius 2 is 1.92 bits per heavy atom. The molecule has 0 atom stereocenters. The molecule has 0 fully saturated rings. The highest BCUT2D eigenvalue weighted by molar-refractivity contribution is 7.89. The molecule has 1 aromatic heterocycles. The van der Waals surface area contributed by atoms with Crippen molar-refractivity contribution in [1.29, 1.82) is 0 Å². The number of fused-ring (bicyclic) bond motifs is 1. The molecule has 1 aliphatic heterocycles. The molecule has 2 heterocycles. The van der Waals surface area contributed by atoms with Gasteiger partial charge in [0.05, 0.1) is 0 Å². The van der Waals surface area contributed by atoms with Crippen LogP contribution in [0.3, 0.4) is 0 Å². The number of amides is 1. The van der Waals surface area contributed by atoms with Crippen LogP contribution in [0.2, 0.25) is 5.02 Å². The summed E-state index contributed by atoms with van der Waals surface area (Å²) in [6.45, 7) is 1.56. The fourth-order valence-electron chi connectivity index (χ4n) is 2.31. The van der Waals surface area contributed by atoms with E-state index < -0.39 is 21.8 Å². The molecular formula is C15H13ClN2O5S. The third-order valence-electron chi connectivity index (χ3n) is 3.54. The Hall–Kier alpha value is -2.45. The van der Waals surface area contributed by atoms with Crippen molar-refractivity contribution >= 4 is 38.8 Å². The van der Waals surface area contributed by atoms with Gasteiger partial charge in [0, 0.05) is 23.8 Å². The standard InChI is InChI=1S/C15H13ClN2O5S/c1-8-7-11-13(23-8)12(15(20)18(2)24(11,21)22)14(19)17-10-5-3-9(16)4-6-10/h3-7,20H,1-2H3,(H,17,19). The lowest BCUT2D eigenvalue weighted by Gasteiger charge is -2.24. The number of aliphatic hydroxyl groups is 1. The first-order chi connectivity index (χ1) is 11.2. The number of aliphatic hydroxyl groups excluding tert-OH is 1. The highest BCUT2D eigenvalue weighted by Crippen LogP contribution is 2.37. The van der Waals surface area contributed by atoms with Crippen LogP contribution in [0.15, 0.2) is 45.5 Å². The number of nitrogens with one attached hydrogen (secondary N) is 1. The average Bonchev–Trinajstić information content (AvgIpc) is 2.90. The van der Waals surface area contributed by atoms with Crippen LogP contribution >= 0.6 is 11.6 Å². The second kappa shape index (κ2) is 5.57. The van der Waals surface area contributed by atoms with E-state index in [0.717, 1.165) is 7.05 Å². The summed E-state index contributed by atoms with van der Waals surface area (Å²) in [5, 5.41) is 13.3. The van der Waals surface area contributed by atoms with Crippen LogP contribution in [0, 0.1) is 6.92 Å². The van der Waals surface area contributed by atoms with E-state index in [9.17, 15) is 18.3 Å². The third-order valence-corrected chi connectivity index (χ3v) is 5.54. The number of aryl methyl sites for hydroxylation is 1. The predicted molar refractivity (Wildman–Crippen MR) is 88.0 cm³/mol. The van der Waals surface area contributed by atoms with E-state index in [2.05, 4.69) is 5.32 Å². The Labute approximate surface area is 143 Å². The topological polar surface area (TPSA) is 99.8 Å². The van der Waals surface area contributed by atoms with Gasteiger partial charge in [-0.05, 0) is 31.2 Å². The normalized spacial score (nSPS) is 16.0. The van der Waals surface area contributed by atoms with Gasteiger partial charge in [0.1, 0.15) is 16.2 Å². The Balaban J connectivity index is 2.07. The minimum atomic E-state index is -3.96. The number of hydrogen-bond acceptors (Lipinski definition) is 5. The van der Waals surface area contributed by atoms with Crippen LogP contribution in [0.4, 0.5) is 5.69 Å². The van der Waals surface area contributed by atoms with Crippen LogP contribution < -0.4 is 5.32 Å². The minimum absolute atomic E-state index is 0.165. The molecule has 0 spiro atoms. The summed E-state index contributed by atoms with van der Waals surface area (Å²) >= 11 is 5.79. The molecule has 0 unspecified atom stereocenters. The second-order valence-electron chi connectivity index (χ2n) is 5.18. The number of carbonyl (C=O) groups excluding carboxylic acids is 1. The first-order valence-electron chi connectivity index (χ1n) is 6.81. The van der Waals surface area contributed by atoms with Crippen LogP contribution in [0.5, 0.6) is 0 Å². The first kappa shape index (κ1) is 16.4. The van der Waals surface area contributed by atoms with Crippen molar-refractivity contribution in [1.82, 2.24) is 4.31 Å². The zero-order chi connectivity index (χ0) is 17.6. The van der Waals surface area contributed by atoms with Crippen molar-refractivity contribution in [2.24, 2.45) is 0 Å². The first-order valence-corrected chi connectivity index (χ1v) is 8.63. The Morgan fingerprint density at radius 1 is 1.29 bits per heavy atom. The summed E-state index contributed by atoms with van der Waals surface area (Å²) in [6.07, 6.45) is 0. The minimum Gasteiger partial charge on any atom is -0.493 e. The van der Waals surface area contributed by atoms with Gasteiger partial charge in [0.25, 0.3) is 15.9 Å². The van der Waals surface area contributed by atoms with Crippen LogP contribution in [0.25, 0.3) is 5.57 Å². The summed E-state index contributed by atoms with van der Waals surface area (Å²) in [6, 6.07) is 7.64. The van der Waals surface area contributed by atoms with Crippen molar-refractivity contribution in [2.45, 2.75) is 11.8 Å². The van der Waals surface area contributed by atoms with E-state index in [0.29, 0.717) is 20.8 Å². The van der Waals surface area contributed by atoms with Gasteiger partial charge in [-0.15, -0.1) is 0 Å². The lowest BCUT2D eigenvalue weighted by molar-refractivity contribution is -0.111. The number of hydrogen-bond donors (Lipinski definition) is 2. The molecule has 2 N–H and O–H groups in total. The van der Waals surface area contributed by atoms with Gasteiger partial charge in [-0.25, -0.2) is 12.7 Å². The smallest absolute Gasteiger partial charge is 0.270 e. The predicted octanol–water partition coefficient (Wildman–Crippen LogP) is 2.74. The molecule has 2 aromatic rings. The highest BCUT2D eigenvalue weighted by atomic mass is 35.5. The van der Waals surface area contributed by atoms with Crippen molar-refractivity contribution in [3.8, 4) is 0 Å². The van der Waals surface area contributed by atoms with Gasteiger partial charge in [0.15, 0.2) is 5.76 Å². The second-order valence-corrected chi connectivity index (χ2v) is 7.56. The molecular weight excluding hydrogens is 356 g/mol. The van der Waals surface area contributed by atoms with E-state index in [1.54, 1.807) is 31.2 Å². The maximum Gasteiger partial charge on any atom is 0.270 e. The molecule has 0 bridgehead atoms. The highest BCUT2D eigenvalue weighted by Gasteiger charge is 2.40. The van der Waals surface area contributed by atoms with Gasteiger partial charge in [-0.1, -0.05) is 11.6 Å². The zero-order valence-electron chi connectivity index (χ0n) is 12.7. The number of anilines is 1. The van der Waals surface area contributed by atoms with Crippen LogP contribution in [-0.2, 0) is 14.8 Å². The maximum absolute atomic E-state index is 12.5. The van der Waals surface area contributed by atoms with Gasteiger partial charge in [0.2, 0.25) is 5.88 Å². The molecule has 1 aromatic carbocycles. The average molecular weight is 369 g/mol. The van der Waals surface area contributed by atoms with E-state index in [1.807, 2.05) is 0 Å². The van der Waals surface area contributed by atoms with Gasteiger partial charge < -0.3 is 14.8 Å². The number of rotatable bonds is 2. The lowest BCUT2D eigenvalue weighted by atomic mass is 10.1. The van der Waals surface area contributed by atoms with Crippen LogP contribution in [0.1, 0.15) is 11.5 Å². The number of halogens is 1. The summed E-state index contributed by atoms with van der Waals surface area (Å²) in [4.78, 5) is 12.4. The molecule has 9 heteroatoms. The van der Waals surface area contributed by atoms with Crippen molar-refractivity contribution in [3.63, 3.8) is 0 Å². The SMILES string of the molecule is Cc1cc2c(o1)C(C(=O)Nc1ccc(Cl)cc1)=C(O)N(C)S2(=O)=O. The van der Waals surface area contributed by atoms with E-state index >= 15 is 0 Å². The molecule has 0 saturated carbocycles. The molecule has 0 aliphatic carbocycles. The number of carbonyl (C=O) groups is 1. The van der Waals surface area contributed by atoms with Gasteiger partial charge in [-0.3, -0.25) is 4.79 Å². The molecule has 7 nitrogen and oxygen atoms in total. The van der Waals surface area contributed by atoms with Gasteiger partial charge in [-0.2, -0.15) is 0 Å². The fraction of sp³-hybridized carbons (Fsp3) is 0.133. The Morgan fingerprint density at radius 3 is 2.54 bits per heavy atom. The maximum atomic E-state index is 12.5. The molecule has 1 amide bonds. The number of nitrogens with zero attached hydrogens (tertiary/aromatic N) is 1. The van der Waals surface area contributed by atoms with Crippen molar-refractivity contribution < 1.29 is 22.7 Å². The summed E-state index contributed by atoms with van der Waals surface area (Å²) in [5.74, 6) is -1.28. The number of sulfonamides is 1. The molecule has 0 radical (unpaired) electrons. The van der Waals surface area contributed by atoms with Crippen molar-refractivity contribution in [3.05, 3.63) is 52.8 Å². The Kier molecular flexibility index (Phi) is 3.81. The quantitative estimate of drug-likeness (QED) is 0.849. The Bertz CT molecular complexity index is 960. The van der Waals surface area contributed by atoms with Crippen LogP contribution in [-0.4, -0.2) is 30.8 Å². The molecule has 126 valence electrons. The van der Waals surface area contributed by atoms with E-state index in [4.69, 9.17) is 16.0 Å². The molecule has 0 saturated heterocycles. The number of furan rings is 1. The third kappa shape index (κ3) is 2.53. The van der Waals surface area contributed by atoms with E-state index in [-0.39, 0.29) is 16.2 Å².